The molecule has 1 saturated heterocycles. The van der Waals surface area contributed by atoms with E-state index in [-0.39, 0.29) is 0 Å². The molecule has 0 aromatic heterocycles. The molecule has 0 radical (unpaired) electrons. The van der Waals surface area contributed by atoms with E-state index in [1.165, 1.54) is 83.8 Å². The number of rotatable bonds is 12. The van der Waals surface area contributed by atoms with Gasteiger partial charge in [0.1, 0.15) is 0 Å². The summed E-state index contributed by atoms with van der Waals surface area (Å²) in [6.07, 6.45) is 14.3. The lowest BCUT2D eigenvalue weighted by Gasteiger charge is -2.31. The van der Waals surface area contributed by atoms with Gasteiger partial charge in [-0.3, -0.25) is 0 Å². The summed E-state index contributed by atoms with van der Waals surface area (Å²) in [7, 11) is 0. The first-order valence-electron chi connectivity index (χ1n) is 8.76. The molecule has 0 N–H and O–H groups in total. The number of ether oxygens (including phenoxy) is 1. The van der Waals surface area contributed by atoms with Gasteiger partial charge in [0.15, 0.2) is 0 Å². The predicted molar refractivity (Wildman–Crippen MR) is 91.8 cm³/mol. The van der Waals surface area contributed by atoms with E-state index < -0.39 is 0 Å². The molecule has 1 rings (SSSR count). The van der Waals surface area contributed by atoms with Crippen LogP contribution in [0.3, 0.4) is 0 Å². The van der Waals surface area contributed by atoms with Crippen LogP contribution >= 0.6 is 15.9 Å². The molecule has 0 unspecified atom stereocenters. The van der Waals surface area contributed by atoms with Crippen molar-refractivity contribution >= 4 is 15.9 Å². The van der Waals surface area contributed by atoms with E-state index in [0.717, 1.165) is 11.9 Å². The van der Waals surface area contributed by atoms with Crippen molar-refractivity contribution in [3.05, 3.63) is 0 Å². The third-order valence-corrected chi connectivity index (χ3v) is 4.62. The number of likely N-dealkylation sites (tertiary alicyclic amines) is 1. The molecule has 1 aliphatic heterocycles. The van der Waals surface area contributed by atoms with Gasteiger partial charge in [-0.15, -0.1) is 0 Å². The number of halogens is 1. The molecular weight excluding hydrogens is 314 g/mol. The van der Waals surface area contributed by atoms with Crippen LogP contribution in [0.5, 0.6) is 0 Å². The Balaban J connectivity index is 1.86. The van der Waals surface area contributed by atoms with Crippen molar-refractivity contribution in [2.75, 3.05) is 31.6 Å². The van der Waals surface area contributed by atoms with Crippen molar-refractivity contribution in [1.82, 2.24) is 4.90 Å². The smallest absolute Gasteiger partial charge is 0.0599 e. The summed E-state index contributed by atoms with van der Waals surface area (Å²) in [5.41, 5.74) is 0. The van der Waals surface area contributed by atoms with Crippen LogP contribution in [-0.4, -0.2) is 42.6 Å². The zero-order chi connectivity index (χ0) is 14.5. The van der Waals surface area contributed by atoms with Gasteiger partial charge in [-0.1, -0.05) is 67.8 Å². The molecule has 20 heavy (non-hydrogen) atoms. The third-order valence-electron chi connectivity index (χ3n) is 4.29. The second kappa shape index (κ2) is 13.1. The minimum Gasteiger partial charge on any atom is -0.377 e. The van der Waals surface area contributed by atoms with Crippen molar-refractivity contribution in [2.24, 2.45) is 0 Å². The van der Waals surface area contributed by atoms with Crippen LogP contribution < -0.4 is 0 Å². The number of piperidine rings is 1. The van der Waals surface area contributed by atoms with E-state index in [0.29, 0.717) is 6.10 Å². The van der Waals surface area contributed by atoms with Gasteiger partial charge in [0.25, 0.3) is 0 Å². The lowest BCUT2D eigenvalue weighted by Crippen LogP contribution is -2.37. The van der Waals surface area contributed by atoms with Crippen molar-refractivity contribution < 1.29 is 4.74 Å². The Morgan fingerprint density at radius 3 is 2.15 bits per heavy atom. The normalized spacial score (nSPS) is 17.7. The molecule has 0 saturated carbocycles. The van der Waals surface area contributed by atoms with Gasteiger partial charge < -0.3 is 9.64 Å². The van der Waals surface area contributed by atoms with Gasteiger partial charge in [0.05, 0.1) is 12.7 Å². The second-order valence-electron chi connectivity index (χ2n) is 6.08. The number of unbranched alkanes of at least 4 members (excludes halogenated alkanes) is 7. The van der Waals surface area contributed by atoms with Gasteiger partial charge in [-0.05, 0) is 25.8 Å². The highest BCUT2D eigenvalue weighted by Crippen LogP contribution is 2.15. The maximum absolute atomic E-state index is 5.80. The fourth-order valence-corrected chi connectivity index (χ4v) is 3.17. The summed E-state index contributed by atoms with van der Waals surface area (Å²) >= 11 is 3.42. The fraction of sp³-hybridized carbons (Fsp3) is 1.00. The average molecular weight is 348 g/mol. The molecule has 1 aliphatic rings. The van der Waals surface area contributed by atoms with Crippen molar-refractivity contribution in [2.45, 2.75) is 77.2 Å². The quantitative estimate of drug-likeness (QED) is 0.363. The number of hydrogen-bond acceptors (Lipinski definition) is 2. The molecule has 0 aromatic carbocycles. The SMILES string of the molecule is CCCCCCCCCCN1CCC(OCCBr)CC1. The van der Waals surface area contributed by atoms with Gasteiger partial charge in [0.2, 0.25) is 0 Å². The van der Waals surface area contributed by atoms with Crippen molar-refractivity contribution in [1.29, 1.82) is 0 Å². The largest absolute Gasteiger partial charge is 0.377 e. The van der Waals surface area contributed by atoms with Crippen LogP contribution in [0.25, 0.3) is 0 Å². The van der Waals surface area contributed by atoms with E-state index >= 15 is 0 Å². The lowest BCUT2D eigenvalue weighted by atomic mass is 10.1. The molecule has 1 fully saturated rings. The number of hydrogen-bond donors (Lipinski definition) is 0. The Labute approximate surface area is 134 Å². The fourth-order valence-electron chi connectivity index (χ4n) is 2.98. The van der Waals surface area contributed by atoms with E-state index in [1.54, 1.807) is 0 Å². The van der Waals surface area contributed by atoms with Gasteiger partial charge in [-0.2, -0.15) is 0 Å². The monoisotopic (exact) mass is 347 g/mol. The summed E-state index contributed by atoms with van der Waals surface area (Å²) in [6, 6.07) is 0. The first kappa shape index (κ1) is 18.4. The summed E-state index contributed by atoms with van der Waals surface area (Å²) in [5, 5.41) is 0.964. The predicted octanol–water partition coefficient (Wildman–Crippen LogP) is 5.00. The van der Waals surface area contributed by atoms with Crippen molar-refractivity contribution in [3.8, 4) is 0 Å². The Hall–Kier alpha value is 0.400. The number of nitrogens with zero attached hydrogens (tertiary/aromatic N) is 1. The average Bonchev–Trinajstić information content (AvgIpc) is 2.49. The molecule has 3 heteroatoms. The Morgan fingerprint density at radius 2 is 1.55 bits per heavy atom. The van der Waals surface area contributed by atoms with E-state index in [9.17, 15) is 0 Å². The van der Waals surface area contributed by atoms with E-state index in [1.807, 2.05) is 0 Å². The standard InChI is InChI=1S/C17H34BrNO/c1-2-3-4-5-6-7-8-9-13-19-14-10-17(11-15-19)20-16-12-18/h17H,2-16H2,1H3. The summed E-state index contributed by atoms with van der Waals surface area (Å²) in [4.78, 5) is 2.63. The molecule has 120 valence electrons. The molecule has 0 bridgehead atoms. The van der Waals surface area contributed by atoms with Crippen LogP contribution in [-0.2, 0) is 4.74 Å². The maximum atomic E-state index is 5.80. The highest BCUT2D eigenvalue weighted by molar-refractivity contribution is 9.09. The van der Waals surface area contributed by atoms with Gasteiger partial charge in [0, 0.05) is 18.4 Å². The lowest BCUT2D eigenvalue weighted by molar-refractivity contribution is 0.0156. The first-order valence-corrected chi connectivity index (χ1v) is 9.89. The molecular formula is C17H34BrNO. The molecule has 1 heterocycles. The van der Waals surface area contributed by atoms with Gasteiger partial charge in [-0.25, -0.2) is 0 Å². The van der Waals surface area contributed by atoms with Crippen molar-refractivity contribution in [3.63, 3.8) is 0 Å². The van der Waals surface area contributed by atoms with Crippen LogP contribution in [0.15, 0.2) is 0 Å². The molecule has 0 aromatic rings. The van der Waals surface area contributed by atoms with Crippen LogP contribution in [0, 0.1) is 0 Å². The molecule has 0 aliphatic carbocycles. The molecule has 0 atom stereocenters. The first-order chi connectivity index (χ1) is 9.86. The minimum absolute atomic E-state index is 0.516. The highest BCUT2D eigenvalue weighted by Gasteiger charge is 2.18. The number of alkyl halides is 1. The Bertz CT molecular complexity index is 205. The zero-order valence-electron chi connectivity index (χ0n) is 13.4. The highest BCUT2D eigenvalue weighted by atomic mass is 79.9. The Morgan fingerprint density at radius 1 is 0.950 bits per heavy atom. The topological polar surface area (TPSA) is 12.5 Å². The third kappa shape index (κ3) is 9.36. The molecule has 0 spiro atoms. The molecule has 2 nitrogen and oxygen atoms in total. The Kier molecular flexibility index (Phi) is 12.1. The molecule has 0 amide bonds. The maximum Gasteiger partial charge on any atom is 0.0599 e. The minimum atomic E-state index is 0.516. The summed E-state index contributed by atoms with van der Waals surface area (Å²) in [6.45, 7) is 6.93. The van der Waals surface area contributed by atoms with Crippen LogP contribution in [0.4, 0.5) is 0 Å². The summed E-state index contributed by atoms with van der Waals surface area (Å²) < 4.78 is 5.80. The van der Waals surface area contributed by atoms with Crippen LogP contribution in [0.2, 0.25) is 0 Å². The van der Waals surface area contributed by atoms with E-state index in [4.69, 9.17) is 4.74 Å². The van der Waals surface area contributed by atoms with E-state index in [2.05, 4.69) is 27.8 Å². The van der Waals surface area contributed by atoms with Crippen LogP contribution in [0.1, 0.15) is 71.1 Å². The second-order valence-corrected chi connectivity index (χ2v) is 6.87. The zero-order valence-corrected chi connectivity index (χ0v) is 15.0. The van der Waals surface area contributed by atoms with Gasteiger partial charge >= 0.3 is 0 Å². The summed E-state index contributed by atoms with van der Waals surface area (Å²) in [5.74, 6) is 0.